The van der Waals surface area contributed by atoms with E-state index in [2.05, 4.69) is 10.7 Å². The molecule has 0 aliphatic carbocycles. The first-order valence-electron chi connectivity index (χ1n) is 1.30. The Morgan fingerprint density at radius 2 is 2.12 bits per heavy atom. The van der Waals surface area contributed by atoms with E-state index in [-0.39, 0.29) is 11.9 Å². The first-order chi connectivity index (χ1) is 3.56. The fourth-order valence-corrected chi connectivity index (χ4v) is 0.884. The second-order valence-electron chi connectivity index (χ2n) is 0.707. The van der Waals surface area contributed by atoms with Gasteiger partial charge in [-0.2, -0.15) is 8.42 Å². The molecule has 0 aromatic heterocycles. The van der Waals surface area contributed by atoms with Crippen LogP contribution in [-0.4, -0.2) is 14.0 Å². The third-order valence-electron chi connectivity index (χ3n) is 0.183. The van der Waals surface area contributed by atoms with E-state index in [4.69, 9.17) is 0 Å². The molecule has 1 radical (unpaired) electrons. The van der Waals surface area contributed by atoms with Crippen LogP contribution in [0.5, 0.6) is 0 Å². The van der Waals surface area contributed by atoms with Crippen LogP contribution in [0.1, 0.15) is 0 Å². The van der Waals surface area contributed by atoms with Crippen molar-refractivity contribution in [2.45, 2.75) is 0 Å². The first-order valence-corrected chi connectivity index (χ1v) is 4.43. The number of rotatable bonds is 3. The van der Waals surface area contributed by atoms with Crippen LogP contribution in [0.4, 0.5) is 0 Å². The lowest BCUT2D eigenvalue weighted by molar-refractivity contribution is 0.569. The maximum absolute atomic E-state index is 9.84. The minimum atomic E-state index is -3.76. The standard InChI is InChI=1S/CHClNO3S2/c2-8(5,6)3-7-1-4/h3H. The maximum Gasteiger partial charge on any atom is 0.306 e. The second-order valence-corrected chi connectivity index (χ2v) is 3.84. The van der Waals surface area contributed by atoms with Gasteiger partial charge in [0, 0.05) is 22.6 Å². The normalized spacial score (nSPS) is 11.1. The van der Waals surface area contributed by atoms with Crippen molar-refractivity contribution in [2.75, 3.05) is 0 Å². The first kappa shape index (κ1) is 8.22. The summed E-state index contributed by atoms with van der Waals surface area (Å²) in [5.41, 5.74) is 1.22. The molecule has 4 nitrogen and oxygen atoms in total. The van der Waals surface area contributed by atoms with Crippen molar-refractivity contribution in [3.8, 4) is 0 Å². The smallest absolute Gasteiger partial charge is 0.276 e. The van der Waals surface area contributed by atoms with Crippen LogP contribution in [0.2, 0.25) is 0 Å². The molecule has 0 aliphatic heterocycles. The molecule has 0 amide bonds. The fraction of sp³-hybridized carbons (Fsp3) is 0. The van der Waals surface area contributed by atoms with Crippen LogP contribution in [0.3, 0.4) is 0 Å². The molecule has 0 saturated heterocycles. The van der Waals surface area contributed by atoms with E-state index < -0.39 is 9.24 Å². The van der Waals surface area contributed by atoms with Crippen molar-refractivity contribution < 1.29 is 13.2 Å². The molecule has 0 bridgehead atoms. The molecule has 1 N–H and O–H groups in total. The molecule has 0 spiro atoms. The molecule has 0 heterocycles. The molecule has 0 saturated carbocycles. The second kappa shape index (κ2) is 3.29. The molecular formula is CHClNO3S2. The predicted octanol–water partition coefficient (Wildman–Crippen LogP) is -0.225. The van der Waals surface area contributed by atoms with Crippen molar-refractivity contribution in [2.24, 2.45) is 0 Å². The van der Waals surface area contributed by atoms with Crippen molar-refractivity contribution in [3.63, 3.8) is 0 Å². The third-order valence-corrected chi connectivity index (χ3v) is 1.96. The van der Waals surface area contributed by atoms with Gasteiger partial charge in [0.2, 0.25) is 0 Å². The van der Waals surface area contributed by atoms with E-state index in [0.717, 1.165) is 0 Å². The van der Waals surface area contributed by atoms with Gasteiger partial charge in [-0.3, -0.25) is 4.79 Å². The molecule has 0 aromatic rings. The molecule has 7 heteroatoms. The molecule has 8 heavy (non-hydrogen) atoms. The van der Waals surface area contributed by atoms with Crippen molar-refractivity contribution in [3.05, 3.63) is 0 Å². The van der Waals surface area contributed by atoms with Gasteiger partial charge in [-0.1, -0.05) is 0 Å². The van der Waals surface area contributed by atoms with Crippen LogP contribution < -0.4 is 4.13 Å². The lowest BCUT2D eigenvalue weighted by Gasteiger charge is -1.86. The Morgan fingerprint density at radius 3 is 2.25 bits per heavy atom. The molecule has 0 unspecified atom stereocenters. The van der Waals surface area contributed by atoms with E-state index in [1.54, 1.807) is 4.13 Å². The van der Waals surface area contributed by atoms with Crippen molar-refractivity contribution in [1.82, 2.24) is 4.13 Å². The van der Waals surface area contributed by atoms with Gasteiger partial charge in [0.15, 0.2) is 0 Å². The summed E-state index contributed by atoms with van der Waals surface area (Å²) in [6.07, 6.45) is 0. The maximum atomic E-state index is 9.84. The number of carbonyl (C=O) groups excluding carboxylic acids is 1. The Morgan fingerprint density at radius 1 is 1.62 bits per heavy atom. The van der Waals surface area contributed by atoms with E-state index in [1.165, 1.54) is 5.62 Å². The van der Waals surface area contributed by atoms with E-state index >= 15 is 0 Å². The summed E-state index contributed by atoms with van der Waals surface area (Å²) < 4.78 is 21.3. The molecule has 0 aliphatic rings. The molecule has 0 aromatic carbocycles. The van der Waals surface area contributed by atoms with Gasteiger partial charge in [0.25, 0.3) is 5.62 Å². The number of hydrogen-bond donors (Lipinski definition) is 1. The summed E-state index contributed by atoms with van der Waals surface area (Å²) in [6.45, 7) is 0. The molecule has 0 fully saturated rings. The van der Waals surface area contributed by atoms with E-state index in [9.17, 15) is 13.2 Å². The Bertz CT molecular complexity index is 162. The van der Waals surface area contributed by atoms with E-state index in [1.807, 2.05) is 0 Å². The van der Waals surface area contributed by atoms with Crippen LogP contribution in [0, 0.1) is 0 Å². The summed E-state index contributed by atoms with van der Waals surface area (Å²) in [4.78, 5) is 9.30. The Balaban J connectivity index is 3.57. The third kappa shape index (κ3) is 6.22. The SMILES string of the molecule is O=[C]SNS(=O)(=O)Cl. The average molecular weight is 175 g/mol. The fourth-order valence-electron chi connectivity index (χ4n) is 0.0668. The highest BCUT2D eigenvalue weighted by atomic mass is 35.7. The highest BCUT2D eigenvalue weighted by molar-refractivity contribution is 8.24. The zero-order valence-corrected chi connectivity index (χ0v) is 5.81. The average Bonchev–Trinajstić information content (AvgIpc) is 1.59. The largest absolute Gasteiger partial charge is 0.306 e. The van der Waals surface area contributed by atoms with Crippen LogP contribution in [0.25, 0.3) is 0 Å². The van der Waals surface area contributed by atoms with Gasteiger partial charge in [-0.25, -0.2) is 0 Å². The van der Waals surface area contributed by atoms with Gasteiger partial charge >= 0.3 is 9.24 Å². The minimum absolute atomic E-state index is 0.240. The quantitative estimate of drug-likeness (QED) is 0.475. The topological polar surface area (TPSA) is 63.2 Å². The zero-order valence-electron chi connectivity index (χ0n) is 3.42. The zero-order chi connectivity index (χ0) is 6.62. The van der Waals surface area contributed by atoms with Gasteiger partial charge in [-0.15, -0.1) is 4.13 Å². The highest BCUT2D eigenvalue weighted by Gasteiger charge is 2.00. The monoisotopic (exact) mass is 174 g/mol. The predicted molar refractivity (Wildman–Crippen MR) is 31.2 cm³/mol. The highest BCUT2D eigenvalue weighted by Crippen LogP contribution is 1.95. The summed E-state index contributed by atoms with van der Waals surface area (Å²) in [5.74, 6) is 0. The lowest BCUT2D eigenvalue weighted by atomic mass is 11.8. The van der Waals surface area contributed by atoms with Crippen LogP contribution >= 0.6 is 22.6 Å². The summed E-state index contributed by atoms with van der Waals surface area (Å²) in [7, 11) is 0.810. The minimum Gasteiger partial charge on any atom is -0.276 e. The number of halogens is 1. The van der Waals surface area contributed by atoms with Crippen molar-refractivity contribution in [1.29, 1.82) is 0 Å². The van der Waals surface area contributed by atoms with Crippen molar-refractivity contribution >= 4 is 37.5 Å². The van der Waals surface area contributed by atoms with Gasteiger partial charge in [0.05, 0.1) is 0 Å². The Hall–Kier alpha value is 0.220. The van der Waals surface area contributed by atoms with Gasteiger partial charge in [0.1, 0.15) is 0 Å². The summed E-state index contributed by atoms with van der Waals surface area (Å²) >= 11 is 0.240. The number of nitrogens with one attached hydrogen (secondary N) is 1. The van der Waals surface area contributed by atoms with Gasteiger partial charge in [-0.05, 0) is 0 Å². The molecule has 47 valence electrons. The molecule has 0 atom stereocenters. The summed E-state index contributed by atoms with van der Waals surface area (Å²) in [5, 5.41) is 0. The molecular weight excluding hydrogens is 174 g/mol. The van der Waals surface area contributed by atoms with Gasteiger partial charge < -0.3 is 0 Å². The van der Waals surface area contributed by atoms with Crippen LogP contribution in [0.15, 0.2) is 0 Å². The van der Waals surface area contributed by atoms with E-state index in [0.29, 0.717) is 0 Å². The lowest BCUT2D eigenvalue weighted by Crippen LogP contribution is -2.07. The number of hydrogen-bond acceptors (Lipinski definition) is 4. The Kier molecular flexibility index (Phi) is 3.38. The molecule has 0 rings (SSSR count). The summed E-state index contributed by atoms with van der Waals surface area (Å²) in [6, 6.07) is 0. The Labute approximate surface area is 55.3 Å². The van der Waals surface area contributed by atoms with Crippen LogP contribution in [-0.2, 0) is 14.0 Å².